The topological polar surface area (TPSA) is 41.6 Å². The molecule has 1 N–H and O–H groups in total. The predicted molar refractivity (Wildman–Crippen MR) is 117 cm³/mol. The molecule has 5 heteroatoms. The number of hydrogen-bond acceptors (Lipinski definition) is 4. The molecule has 2 aliphatic rings. The van der Waals surface area contributed by atoms with Crippen LogP contribution in [0.15, 0.2) is 72.1 Å². The number of fused-ring (bicyclic) bond motifs is 1. The molecule has 3 aromatic rings. The molecule has 1 saturated carbocycles. The van der Waals surface area contributed by atoms with Gasteiger partial charge in [0.2, 0.25) is 0 Å². The SMILES string of the molecule is O=C(Nc1ccccc1-c1cccs1)OCC1C2CN(Cc3ccccc3)CC12. The van der Waals surface area contributed by atoms with Crippen molar-refractivity contribution in [1.82, 2.24) is 4.90 Å². The molecule has 1 aliphatic heterocycles. The van der Waals surface area contributed by atoms with Gasteiger partial charge in [-0.25, -0.2) is 4.79 Å². The molecule has 1 aliphatic carbocycles. The average molecular weight is 405 g/mol. The number of rotatable bonds is 6. The van der Waals surface area contributed by atoms with Gasteiger partial charge in [0.1, 0.15) is 0 Å². The number of benzene rings is 2. The first-order valence-electron chi connectivity index (χ1n) is 10.1. The molecule has 0 spiro atoms. The van der Waals surface area contributed by atoms with Crippen LogP contribution in [0.3, 0.4) is 0 Å². The highest BCUT2D eigenvalue weighted by Gasteiger charge is 2.55. The summed E-state index contributed by atoms with van der Waals surface area (Å²) in [5.41, 5.74) is 3.19. The number of nitrogens with one attached hydrogen (secondary N) is 1. The quantitative estimate of drug-likeness (QED) is 0.603. The zero-order chi connectivity index (χ0) is 19.6. The van der Waals surface area contributed by atoms with E-state index in [1.165, 1.54) is 5.56 Å². The predicted octanol–water partition coefficient (Wildman–Crippen LogP) is 5.34. The van der Waals surface area contributed by atoms with Crippen LogP contribution in [0.5, 0.6) is 0 Å². The van der Waals surface area contributed by atoms with Gasteiger partial charge < -0.3 is 4.74 Å². The van der Waals surface area contributed by atoms with E-state index in [-0.39, 0.29) is 6.09 Å². The monoisotopic (exact) mass is 404 g/mol. The van der Waals surface area contributed by atoms with E-state index in [1.807, 2.05) is 35.7 Å². The molecular weight excluding hydrogens is 380 g/mol. The highest BCUT2D eigenvalue weighted by atomic mass is 32.1. The summed E-state index contributed by atoms with van der Waals surface area (Å²) in [5, 5.41) is 4.96. The van der Waals surface area contributed by atoms with Crippen molar-refractivity contribution in [2.24, 2.45) is 17.8 Å². The van der Waals surface area contributed by atoms with E-state index in [0.29, 0.717) is 24.4 Å². The van der Waals surface area contributed by atoms with Gasteiger partial charge in [0.25, 0.3) is 0 Å². The Balaban J connectivity index is 1.10. The van der Waals surface area contributed by atoms with Crippen LogP contribution in [0, 0.1) is 17.8 Å². The largest absolute Gasteiger partial charge is 0.449 e. The molecule has 2 aromatic carbocycles. The molecule has 4 nitrogen and oxygen atoms in total. The Hall–Kier alpha value is -2.63. The molecule has 2 atom stereocenters. The summed E-state index contributed by atoms with van der Waals surface area (Å²) in [7, 11) is 0. The molecule has 29 heavy (non-hydrogen) atoms. The number of anilines is 1. The average Bonchev–Trinajstić information content (AvgIpc) is 3.13. The Morgan fingerprint density at radius 3 is 2.52 bits per heavy atom. The van der Waals surface area contributed by atoms with E-state index >= 15 is 0 Å². The third-order valence-corrected chi connectivity index (χ3v) is 6.96. The fourth-order valence-electron chi connectivity index (χ4n) is 4.51. The summed E-state index contributed by atoms with van der Waals surface area (Å²) >= 11 is 1.66. The molecular formula is C24H24N2O2S. The maximum atomic E-state index is 12.4. The van der Waals surface area contributed by atoms with Crippen molar-refractivity contribution in [3.63, 3.8) is 0 Å². The maximum absolute atomic E-state index is 12.4. The Labute approximate surface area is 175 Å². The normalized spacial score (nSPS) is 22.8. The number of amides is 1. The first kappa shape index (κ1) is 18.4. The van der Waals surface area contributed by atoms with Crippen LogP contribution in [0.1, 0.15) is 5.56 Å². The van der Waals surface area contributed by atoms with E-state index in [2.05, 4.69) is 46.6 Å². The molecule has 2 fully saturated rings. The van der Waals surface area contributed by atoms with Gasteiger partial charge in [-0.15, -0.1) is 11.3 Å². The van der Waals surface area contributed by atoms with Crippen LogP contribution >= 0.6 is 11.3 Å². The number of piperidine rings is 1. The van der Waals surface area contributed by atoms with Gasteiger partial charge in [0.05, 0.1) is 12.3 Å². The third kappa shape index (κ3) is 4.07. The van der Waals surface area contributed by atoms with E-state index in [4.69, 9.17) is 4.74 Å². The second kappa shape index (κ2) is 8.01. The second-order valence-corrected chi connectivity index (χ2v) is 8.87. The number of nitrogens with zero attached hydrogens (tertiary/aromatic N) is 1. The summed E-state index contributed by atoms with van der Waals surface area (Å²) in [6, 6.07) is 22.5. The summed E-state index contributed by atoms with van der Waals surface area (Å²) in [6.45, 7) is 3.75. The molecule has 0 radical (unpaired) electrons. The fraction of sp³-hybridized carbons (Fsp3) is 0.292. The van der Waals surface area contributed by atoms with E-state index in [0.717, 1.165) is 35.8 Å². The van der Waals surface area contributed by atoms with Crippen LogP contribution in [0.4, 0.5) is 10.5 Å². The lowest BCUT2D eigenvalue weighted by atomic mass is 10.1. The maximum Gasteiger partial charge on any atom is 0.411 e. The van der Waals surface area contributed by atoms with Gasteiger partial charge in [-0.05, 0) is 34.9 Å². The highest BCUT2D eigenvalue weighted by molar-refractivity contribution is 7.13. The van der Waals surface area contributed by atoms with E-state index < -0.39 is 0 Å². The second-order valence-electron chi connectivity index (χ2n) is 7.92. The third-order valence-electron chi connectivity index (χ3n) is 6.05. The first-order chi connectivity index (χ1) is 14.3. The van der Waals surface area contributed by atoms with Crippen molar-refractivity contribution in [2.45, 2.75) is 6.54 Å². The minimum atomic E-state index is -0.361. The van der Waals surface area contributed by atoms with Crippen molar-refractivity contribution >= 4 is 23.1 Å². The van der Waals surface area contributed by atoms with Crippen molar-refractivity contribution in [3.05, 3.63) is 77.7 Å². The van der Waals surface area contributed by atoms with Gasteiger partial charge in [0.15, 0.2) is 0 Å². The van der Waals surface area contributed by atoms with E-state index in [9.17, 15) is 4.79 Å². The molecule has 148 valence electrons. The summed E-state index contributed by atoms with van der Waals surface area (Å²) in [5.74, 6) is 1.86. The molecule has 2 unspecified atom stereocenters. The molecule has 1 amide bonds. The van der Waals surface area contributed by atoms with Crippen LogP contribution in [0.2, 0.25) is 0 Å². The summed E-state index contributed by atoms with van der Waals surface area (Å²) in [6.07, 6.45) is -0.361. The number of hydrogen-bond donors (Lipinski definition) is 1. The fourth-order valence-corrected chi connectivity index (χ4v) is 5.28. The van der Waals surface area contributed by atoms with Gasteiger partial charge >= 0.3 is 6.09 Å². The lowest BCUT2D eigenvalue weighted by molar-refractivity contribution is 0.145. The standard InChI is InChI=1S/C24H24N2O2S/c27-24(25-22-10-5-4-9-18(22)23-11-6-12-29-23)28-16-21-19-14-26(15-20(19)21)13-17-7-2-1-3-8-17/h1-12,19-21H,13-16H2,(H,25,27). The number of carbonyl (C=O) groups is 1. The minimum Gasteiger partial charge on any atom is -0.449 e. The molecule has 1 aromatic heterocycles. The van der Waals surface area contributed by atoms with Gasteiger partial charge in [-0.2, -0.15) is 0 Å². The zero-order valence-electron chi connectivity index (χ0n) is 16.2. The van der Waals surface area contributed by atoms with Gasteiger partial charge in [0, 0.05) is 36.0 Å². The Morgan fingerprint density at radius 2 is 1.76 bits per heavy atom. The summed E-state index contributed by atoms with van der Waals surface area (Å²) in [4.78, 5) is 16.0. The van der Waals surface area contributed by atoms with Crippen LogP contribution in [-0.2, 0) is 11.3 Å². The summed E-state index contributed by atoms with van der Waals surface area (Å²) < 4.78 is 5.57. The van der Waals surface area contributed by atoms with Crippen LogP contribution in [0.25, 0.3) is 10.4 Å². The Morgan fingerprint density at radius 1 is 1.00 bits per heavy atom. The smallest absolute Gasteiger partial charge is 0.411 e. The van der Waals surface area contributed by atoms with Gasteiger partial charge in [-0.1, -0.05) is 54.6 Å². The molecule has 1 saturated heterocycles. The minimum absolute atomic E-state index is 0.361. The number of carbonyl (C=O) groups excluding carboxylic acids is 1. The molecule has 0 bridgehead atoms. The van der Waals surface area contributed by atoms with Crippen LogP contribution < -0.4 is 5.32 Å². The van der Waals surface area contributed by atoms with Crippen molar-refractivity contribution < 1.29 is 9.53 Å². The number of ether oxygens (including phenoxy) is 1. The Kier molecular flexibility index (Phi) is 5.08. The lowest BCUT2D eigenvalue weighted by Crippen LogP contribution is -2.25. The van der Waals surface area contributed by atoms with Crippen molar-refractivity contribution in [2.75, 3.05) is 25.0 Å². The van der Waals surface area contributed by atoms with Gasteiger partial charge in [-0.3, -0.25) is 10.2 Å². The zero-order valence-corrected chi connectivity index (χ0v) is 17.0. The number of likely N-dealkylation sites (tertiary alicyclic amines) is 1. The number of thiophene rings is 1. The Bertz CT molecular complexity index is 962. The highest BCUT2D eigenvalue weighted by Crippen LogP contribution is 2.52. The van der Waals surface area contributed by atoms with Crippen molar-refractivity contribution in [1.29, 1.82) is 0 Å². The molecule has 2 heterocycles. The van der Waals surface area contributed by atoms with E-state index in [1.54, 1.807) is 11.3 Å². The van der Waals surface area contributed by atoms with Crippen LogP contribution in [-0.4, -0.2) is 30.7 Å². The lowest BCUT2D eigenvalue weighted by Gasteiger charge is -2.19. The van der Waals surface area contributed by atoms with Crippen molar-refractivity contribution in [3.8, 4) is 10.4 Å². The molecule has 5 rings (SSSR count). The first-order valence-corrected chi connectivity index (χ1v) is 11.0. The number of para-hydroxylation sites is 1.